The molecule has 1 aliphatic heterocycles. The summed E-state index contributed by atoms with van der Waals surface area (Å²) < 4.78 is 34.8. The maximum absolute atomic E-state index is 13.4. The number of methoxy groups -OCH3 is 1. The number of carbonyl (C=O) groups excluding carboxylic acids is 2. The number of anilines is 1. The molecule has 0 aliphatic carbocycles. The van der Waals surface area contributed by atoms with E-state index in [-0.39, 0.29) is 33.7 Å². The van der Waals surface area contributed by atoms with Crippen molar-refractivity contribution in [1.29, 1.82) is 0 Å². The van der Waals surface area contributed by atoms with Crippen LogP contribution >= 0.6 is 0 Å². The molecule has 0 spiro atoms. The zero-order chi connectivity index (χ0) is 27.1. The number of sulfonamides is 1. The van der Waals surface area contributed by atoms with Crippen molar-refractivity contribution in [1.82, 2.24) is 10.2 Å². The number of nitrogens with one attached hydrogen (secondary N) is 2. The third-order valence-corrected chi connectivity index (χ3v) is 8.03. The lowest BCUT2D eigenvalue weighted by atomic mass is 10.1. The number of para-hydroxylation sites is 1. The van der Waals surface area contributed by atoms with Crippen molar-refractivity contribution in [3.05, 3.63) is 89.5 Å². The second-order valence-corrected chi connectivity index (χ2v) is 11.0. The first-order chi connectivity index (χ1) is 18.3. The maximum Gasteiger partial charge on any atom is 0.261 e. The highest BCUT2D eigenvalue weighted by atomic mass is 32.2. The Bertz CT molecular complexity index is 1380. The van der Waals surface area contributed by atoms with Crippen LogP contribution in [0.1, 0.15) is 64.9 Å². The molecule has 200 valence electrons. The van der Waals surface area contributed by atoms with Crippen LogP contribution in [0.3, 0.4) is 0 Å². The lowest BCUT2D eigenvalue weighted by Gasteiger charge is -2.22. The van der Waals surface area contributed by atoms with E-state index in [1.54, 1.807) is 23.1 Å². The van der Waals surface area contributed by atoms with Gasteiger partial charge in [0.15, 0.2) is 0 Å². The van der Waals surface area contributed by atoms with Crippen molar-refractivity contribution in [2.24, 2.45) is 0 Å². The van der Waals surface area contributed by atoms with E-state index in [0.29, 0.717) is 18.8 Å². The van der Waals surface area contributed by atoms with E-state index in [9.17, 15) is 18.0 Å². The number of amides is 2. The predicted molar refractivity (Wildman–Crippen MR) is 147 cm³/mol. The Hall–Kier alpha value is -3.85. The van der Waals surface area contributed by atoms with Gasteiger partial charge in [-0.2, -0.15) is 0 Å². The zero-order valence-corrected chi connectivity index (χ0v) is 22.5. The van der Waals surface area contributed by atoms with E-state index in [1.807, 2.05) is 37.3 Å². The minimum absolute atomic E-state index is 0.0932. The van der Waals surface area contributed by atoms with Gasteiger partial charge in [-0.25, -0.2) is 8.42 Å². The summed E-state index contributed by atoms with van der Waals surface area (Å²) in [6.07, 6.45) is 3.96. The molecule has 1 fully saturated rings. The molecule has 1 atom stereocenters. The van der Waals surface area contributed by atoms with Gasteiger partial charge in [0.2, 0.25) is 0 Å². The van der Waals surface area contributed by atoms with Gasteiger partial charge in [-0.3, -0.25) is 14.3 Å². The van der Waals surface area contributed by atoms with Gasteiger partial charge in [-0.05, 0) is 55.7 Å². The van der Waals surface area contributed by atoms with Crippen LogP contribution in [0.15, 0.2) is 77.7 Å². The van der Waals surface area contributed by atoms with Gasteiger partial charge < -0.3 is 15.0 Å². The standard InChI is InChI=1S/C29H33N3O5S/c1-21(22-12-6-5-7-13-22)30-28(33)24-14-8-9-15-26(24)31-38(35,36)23-16-17-27(37-2)25(20-23)29(34)32-18-10-3-4-11-19-32/h5-9,12-17,20-21,31H,3-4,10-11,18-19H2,1-2H3,(H,30,33)/t21-/m0/s1. The summed E-state index contributed by atoms with van der Waals surface area (Å²) in [6.45, 7) is 3.11. The molecule has 38 heavy (non-hydrogen) atoms. The molecule has 9 heteroatoms. The van der Waals surface area contributed by atoms with Gasteiger partial charge in [0.05, 0.1) is 34.9 Å². The second kappa shape index (κ2) is 12.1. The highest BCUT2D eigenvalue weighted by Gasteiger charge is 2.25. The lowest BCUT2D eigenvalue weighted by molar-refractivity contribution is 0.0757. The third kappa shape index (κ3) is 6.34. The molecular formula is C29H33N3O5S. The molecule has 4 rings (SSSR count). The van der Waals surface area contributed by atoms with Crippen LogP contribution in [0.5, 0.6) is 5.75 Å². The Morgan fingerprint density at radius 1 is 0.868 bits per heavy atom. The summed E-state index contributed by atoms with van der Waals surface area (Å²) >= 11 is 0. The van der Waals surface area contributed by atoms with E-state index < -0.39 is 15.9 Å². The van der Waals surface area contributed by atoms with Gasteiger partial charge in [0, 0.05) is 13.1 Å². The van der Waals surface area contributed by atoms with Crippen LogP contribution in [0, 0.1) is 0 Å². The number of rotatable bonds is 8. The van der Waals surface area contributed by atoms with Crippen LogP contribution in [-0.2, 0) is 10.0 Å². The number of carbonyl (C=O) groups is 2. The first-order valence-corrected chi connectivity index (χ1v) is 14.2. The normalized spacial score (nSPS) is 14.7. The summed E-state index contributed by atoms with van der Waals surface area (Å²) in [5.41, 5.74) is 1.45. The fourth-order valence-electron chi connectivity index (χ4n) is 4.54. The Balaban J connectivity index is 1.58. The smallest absolute Gasteiger partial charge is 0.261 e. The average Bonchev–Trinajstić information content (AvgIpc) is 3.22. The van der Waals surface area contributed by atoms with Gasteiger partial charge in [-0.15, -0.1) is 0 Å². The largest absolute Gasteiger partial charge is 0.496 e. The summed E-state index contributed by atoms with van der Waals surface area (Å²) in [5.74, 6) is -0.352. The molecule has 8 nitrogen and oxygen atoms in total. The predicted octanol–water partition coefficient (Wildman–Crippen LogP) is 5.00. The molecule has 0 saturated carbocycles. The SMILES string of the molecule is COc1ccc(S(=O)(=O)Nc2ccccc2C(=O)N[C@@H](C)c2ccccc2)cc1C(=O)N1CCCCCC1. The van der Waals surface area contributed by atoms with Crippen molar-refractivity contribution in [2.75, 3.05) is 24.9 Å². The second-order valence-electron chi connectivity index (χ2n) is 9.33. The number of nitrogens with zero attached hydrogens (tertiary/aromatic N) is 1. The zero-order valence-electron chi connectivity index (χ0n) is 21.6. The summed E-state index contributed by atoms with van der Waals surface area (Å²) in [6, 6.07) is 19.9. The fraction of sp³-hybridized carbons (Fsp3) is 0.310. The summed E-state index contributed by atoms with van der Waals surface area (Å²) in [4.78, 5) is 28.1. The van der Waals surface area contributed by atoms with Gasteiger partial charge in [0.25, 0.3) is 21.8 Å². The van der Waals surface area contributed by atoms with E-state index >= 15 is 0 Å². The van der Waals surface area contributed by atoms with Crippen molar-refractivity contribution in [3.8, 4) is 5.75 Å². The van der Waals surface area contributed by atoms with Crippen LogP contribution in [-0.4, -0.2) is 45.3 Å². The van der Waals surface area contributed by atoms with E-state index in [1.165, 1.54) is 31.4 Å². The number of hydrogen-bond donors (Lipinski definition) is 2. The molecule has 0 aromatic heterocycles. The molecule has 1 saturated heterocycles. The van der Waals surface area contributed by atoms with Gasteiger partial charge >= 0.3 is 0 Å². The highest BCUT2D eigenvalue weighted by molar-refractivity contribution is 7.92. The van der Waals surface area contributed by atoms with Crippen molar-refractivity contribution >= 4 is 27.5 Å². The van der Waals surface area contributed by atoms with Gasteiger partial charge in [-0.1, -0.05) is 55.3 Å². The number of hydrogen-bond acceptors (Lipinski definition) is 5. The summed E-state index contributed by atoms with van der Waals surface area (Å²) in [5, 5.41) is 2.92. The van der Waals surface area contributed by atoms with Crippen molar-refractivity contribution < 1.29 is 22.7 Å². The molecule has 0 bridgehead atoms. The van der Waals surface area contributed by atoms with Crippen LogP contribution < -0.4 is 14.8 Å². The topological polar surface area (TPSA) is 105 Å². The lowest BCUT2D eigenvalue weighted by Crippen LogP contribution is -2.32. The Labute approximate surface area is 224 Å². The first kappa shape index (κ1) is 27.2. The molecule has 0 radical (unpaired) electrons. The Morgan fingerprint density at radius 3 is 2.21 bits per heavy atom. The third-order valence-electron chi connectivity index (χ3n) is 6.67. The molecule has 0 unspecified atom stereocenters. The maximum atomic E-state index is 13.4. The molecule has 1 heterocycles. The minimum atomic E-state index is -4.13. The molecule has 1 aliphatic rings. The van der Waals surface area contributed by atoms with Crippen LogP contribution in [0.4, 0.5) is 5.69 Å². The monoisotopic (exact) mass is 535 g/mol. The van der Waals surface area contributed by atoms with E-state index in [2.05, 4.69) is 10.0 Å². The first-order valence-electron chi connectivity index (χ1n) is 12.7. The van der Waals surface area contributed by atoms with Crippen LogP contribution in [0.25, 0.3) is 0 Å². The quantitative estimate of drug-likeness (QED) is 0.422. The minimum Gasteiger partial charge on any atom is -0.496 e. The fourth-order valence-corrected chi connectivity index (χ4v) is 5.64. The summed E-state index contributed by atoms with van der Waals surface area (Å²) in [7, 11) is -2.67. The number of benzene rings is 3. The van der Waals surface area contributed by atoms with Crippen molar-refractivity contribution in [2.45, 2.75) is 43.5 Å². The number of ether oxygens (including phenoxy) is 1. The molecular weight excluding hydrogens is 502 g/mol. The molecule has 2 N–H and O–H groups in total. The Morgan fingerprint density at radius 2 is 1.53 bits per heavy atom. The Kier molecular flexibility index (Phi) is 8.68. The van der Waals surface area contributed by atoms with Crippen molar-refractivity contribution in [3.63, 3.8) is 0 Å². The van der Waals surface area contributed by atoms with E-state index in [0.717, 1.165) is 31.2 Å². The van der Waals surface area contributed by atoms with Crippen LogP contribution in [0.2, 0.25) is 0 Å². The number of likely N-dealkylation sites (tertiary alicyclic amines) is 1. The molecule has 3 aromatic carbocycles. The average molecular weight is 536 g/mol. The highest BCUT2D eigenvalue weighted by Crippen LogP contribution is 2.27. The molecule has 2 amide bonds. The van der Waals surface area contributed by atoms with E-state index in [4.69, 9.17) is 4.74 Å². The van der Waals surface area contributed by atoms with Gasteiger partial charge in [0.1, 0.15) is 5.75 Å². The molecule has 3 aromatic rings.